The zero-order valence-electron chi connectivity index (χ0n) is 11.7. The Morgan fingerprint density at radius 1 is 1.47 bits per heavy atom. The molecule has 0 spiro atoms. The second-order valence-electron chi connectivity index (χ2n) is 4.14. The third-order valence-corrected chi connectivity index (χ3v) is 1.99. The maximum absolute atomic E-state index is 11.1. The Hall–Kier alpha value is -0.946. The van der Waals surface area contributed by atoms with Gasteiger partial charge in [-0.05, 0) is 26.4 Å². The van der Waals surface area contributed by atoms with Crippen molar-refractivity contribution in [3.8, 4) is 0 Å². The first-order valence-corrected chi connectivity index (χ1v) is 13.9. The summed E-state index contributed by atoms with van der Waals surface area (Å²) in [7, 11) is 6.71. The second kappa shape index (κ2) is 10.2. The van der Waals surface area contributed by atoms with E-state index in [2.05, 4.69) is 11.9 Å². The Morgan fingerprint density at radius 3 is 2.41 bits per heavy atom. The van der Waals surface area contributed by atoms with Gasteiger partial charge < -0.3 is 5.32 Å². The summed E-state index contributed by atoms with van der Waals surface area (Å²) < 4.78 is 0.479. The van der Waals surface area contributed by atoms with E-state index >= 15 is 0 Å². The molecule has 17 heavy (non-hydrogen) atoms. The van der Waals surface area contributed by atoms with Crippen LogP contribution in [0, 0.1) is 0 Å². The van der Waals surface area contributed by atoms with E-state index in [9.17, 15) is 9.59 Å². The van der Waals surface area contributed by atoms with Crippen molar-refractivity contribution in [2.24, 2.45) is 0 Å². The van der Waals surface area contributed by atoms with Gasteiger partial charge in [0.1, 0.15) is 0 Å². The minimum Gasteiger partial charge on any atom is -0.352 e. The summed E-state index contributed by atoms with van der Waals surface area (Å²) in [5.41, 5.74) is 0.511. The van der Waals surface area contributed by atoms with Crippen LogP contribution in [-0.4, -0.2) is 63.0 Å². The molecule has 0 atom stereocenters. The van der Waals surface area contributed by atoms with Gasteiger partial charge in [-0.15, -0.1) is 0 Å². The molecule has 4 nitrogen and oxygen atoms in total. The van der Waals surface area contributed by atoms with Crippen LogP contribution in [-0.2, 0) is 9.59 Å². The zero-order valence-corrected chi connectivity index (χ0v) is 15.7. The summed E-state index contributed by atoms with van der Waals surface area (Å²) in [5, 5.41) is 2.74. The van der Waals surface area contributed by atoms with Crippen molar-refractivity contribution in [1.82, 2.24) is 5.32 Å². The average molecular weight is 274 g/mol. The van der Waals surface area contributed by atoms with E-state index in [1.165, 1.54) is 25.7 Å². The maximum Gasteiger partial charge on any atom is 0.246 e. The molecule has 0 heterocycles. The Morgan fingerprint density at radius 2 is 2.00 bits per heavy atom. The van der Waals surface area contributed by atoms with Crippen LogP contribution >= 0.6 is 0 Å². The Labute approximate surface area is 110 Å². The fourth-order valence-electron chi connectivity index (χ4n) is 1.05. The van der Waals surface area contributed by atoms with Crippen LogP contribution in [0.1, 0.15) is 13.3 Å². The van der Waals surface area contributed by atoms with Crippen molar-refractivity contribution >= 4 is 31.4 Å². The molecule has 0 unspecified atom stereocenters. The van der Waals surface area contributed by atoms with Gasteiger partial charge in [0, 0.05) is 18.5 Å². The van der Waals surface area contributed by atoms with E-state index < -0.39 is 0 Å². The molecule has 0 aromatic rings. The molecule has 0 fully saturated rings. The highest BCUT2D eigenvalue weighted by Gasteiger charge is 2.11. The fraction of sp³-hybridized carbons (Fsp3) is 0.545. The smallest absolute Gasteiger partial charge is 0.246 e. The molecule has 1 N–H and O–H groups in total. The number of nitrogens with one attached hydrogen (secondary N) is 1. The van der Waals surface area contributed by atoms with Gasteiger partial charge in [0.25, 0.3) is 0 Å². The van der Waals surface area contributed by atoms with Crippen LogP contribution in [0.3, 0.4) is 0 Å². The van der Waals surface area contributed by atoms with Crippen LogP contribution in [0.4, 0.5) is 0 Å². The number of hydrogen-bond acceptors (Lipinski definition) is 2. The number of nitrogens with zero attached hydrogens (tertiary/aromatic N) is 1. The molecule has 1 amide bonds. The molecule has 98 valence electrons. The molecule has 0 saturated heterocycles. The van der Waals surface area contributed by atoms with Crippen molar-refractivity contribution < 1.29 is 14.1 Å². The molecule has 0 aliphatic heterocycles. The number of rotatable bonds is 6. The van der Waals surface area contributed by atoms with E-state index in [0.717, 1.165) is 13.0 Å². The van der Waals surface area contributed by atoms with Gasteiger partial charge in [-0.1, -0.05) is 6.58 Å². The number of amides is 1. The summed E-state index contributed by atoms with van der Waals surface area (Å²) in [6.07, 6.45) is 2.27. The van der Waals surface area contributed by atoms with Crippen molar-refractivity contribution in [3.05, 3.63) is 18.4 Å². The van der Waals surface area contributed by atoms with E-state index in [0.29, 0.717) is 16.6 Å². The van der Waals surface area contributed by atoms with E-state index in [1.807, 2.05) is 14.1 Å². The molecule has 0 bridgehead atoms. The lowest BCUT2D eigenvalue weighted by Gasteiger charge is -2.22. The van der Waals surface area contributed by atoms with E-state index in [4.69, 9.17) is 0 Å². The van der Waals surface area contributed by atoms with Crippen LogP contribution in [0.15, 0.2) is 18.4 Å². The first-order valence-electron chi connectivity index (χ1n) is 5.87. The second-order valence-corrected chi connectivity index (χ2v) is 4.14. The minimum absolute atomic E-state index is 0.119. The zero-order chi connectivity index (χ0) is 13.9. The molecule has 0 rings (SSSR count). The number of quaternary nitrogens is 1. The van der Waals surface area contributed by atoms with Crippen molar-refractivity contribution in [2.45, 2.75) is 13.3 Å². The monoisotopic (exact) mass is 273 g/mol. The van der Waals surface area contributed by atoms with Crippen LogP contribution < -0.4 is 5.32 Å². The van der Waals surface area contributed by atoms with Crippen molar-refractivity contribution in [2.75, 3.05) is 27.2 Å². The third-order valence-electron chi connectivity index (χ3n) is 1.99. The first kappa shape index (κ1) is 18.4. The number of carbonyl (C=O) groups excluding carboxylic acids is 2. The molecule has 0 saturated carbocycles. The lowest BCUT2D eigenvalue weighted by Crippen LogP contribution is -2.36. The topological polar surface area (TPSA) is 46.2 Å². The average Bonchev–Trinajstić information content (AvgIpc) is 2.26. The Balaban J connectivity index is 0. The molecule has 0 radical (unpaired) electrons. The summed E-state index contributed by atoms with van der Waals surface area (Å²) >= 11 is 0. The van der Waals surface area contributed by atoms with Gasteiger partial charge in [0.2, 0.25) is 5.91 Å². The van der Waals surface area contributed by atoms with E-state index in [1.54, 1.807) is 12.9 Å². The molecule has 0 aliphatic carbocycles. The van der Waals surface area contributed by atoms with Crippen LogP contribution in [0.2, 0.25) is 0 Å². The predicted molar refractivity (Wildman–Crippen MR) is 79.6 cm³/mol. The molecular formula is C11H25N2O2Si2+. The summed E-state index contributed by atoms with van der Waals surface area (Å²) in [6.45, 7) is 6.59. The van der Waals surface area contributed by atoms with Crippen LogP contribution in [0.25, 0.3) is 0 Å². The lowest BCUT2D eigenvalue weighted by atomic mass is 10.3. The normalized spacial score (nSPS) is 9.82. The van der Waals surface area contributed by atoms with Crippen molar-refractivity contribution in [3.63, 3.8) is 0 Å². The largest absolute Gasteiger partial charge is 0.352 e. The molecular weight excluding hydrogens is 248 g/mol. The number of carbonyl (C=O) groups is 1. The molecule has 0 aliphatic rings. The standard InChI is InChI=1S/C11H18N2O2.H6Si2/c1-10(2)11(15)12-6-5-7-13(3,4)8-9-14;1-2/h8H,1,5-7H2,2-4H3;1-2H3/p+1. The van der Waals surface area contributed by atoms with Crippen molar-refractivity contribution in [1.29, 1.82) is 0 Å². The molecule has 6 heteroatoms. The van der Waals surface area contributed by atoms with E-state index in [-0.39, 0.29) is 5.91 Å². The molecule has 0 aromatic heterocycles. The SMILES string of the molecule is C=C(C)C(=O)NCCC[N+](C)(C)C=C=O.[SiH3][SiH3]. The summed E-state index contributed by atoms with van der Waals surface area (Å²) in [6, 6.07) is 0. The Bertz CT molecular complexity index is 298. The summed E-state index contributed by atoms with van der Waals surface area (Å²) in [4.78, 5) is 21.3. The first-order chi connectivity index (χ1) is 7.89. The quantitative estimate of drug-likeness (QED) is 0.202. The Kier molecular flexibility index (Phi) is 11.1. The number of hydrogen-bond donors (Lipinski definition) is 1. The predicted octanol–water partition coefficient (Wildman–Crippen LogP) is -1.88. The van der Waals surface area contributed by atoms with Gasteiger partial charge in [-0.2, -0.15) is 0 Å². The van der Waals surface area contributed by atoms with Gasteiger partial charge in [-0.3, -0.25) is 9.28 Å². The highest BCUT2D eigenvalue weighted by atomic mass is 29.1. The maximum atomic E-state index is 11.1. The fourth-order valence-corrected chi connectivity index (χ4v) is 1.05. The molecule has 0 aromatic carbocycles. The highest BCUT2D eigenvalue weighted by Crippen LogP contribution is 1.98. The van der Waals surface area contributed by atoms with Gasteiger partial charge >= 0.3 is 0 Å². The van der Waals surface area contributed by atoms with Crippen LogP contribution in [0.5, 0.6) is 0 Å². The summed E-state index contributed by atoms with van der Waals surface area (Å²) in [5.74, 6) is 1.65. The third kappa shape index (κ3) is 11.3. The van der Waals surface area contributed by atoms with Gasteiger partial charge in [-0.25, -0.2) is 4.79 Å². The van der Waals surface area contributed by atoms with Gasteiger partial charge in [0.05, 0.1) is 20.6 Å². The minimum atomic E-state index is -0.119. The van der Waals surface area contributed by atoms with Gasteiger partial charge in [0.15, 0.2) is 12.1 Å². The highest BCUT2D eigenvalue weighted by molar-refractivity contribution is 6.75. The lowest BCUT2D eigenvalue weighted by molar-refractivity contribution is -0.837.